The predicted molar refractivity (Wildman–Crippen MR) is 99.2 cm³/mol. The van der Waals surface area contributed by atoms with E-state index < -0.39 is 25.0 Å². The Hall–Kier alpha value is 3.03. The van der Waals surface area contributed by atoms with E-state index in [0.717, 1.165) is 0 Å². The van der Waals surface area contributed by atoms with E-state index in [1.165, 1.54) is 0 Å². The smallest absolute Gasteiger partial charge is 0.256 e. The monoisotopic (exact) mass is 465 g/mol. The molecule has 0 fully saturated rings. The van der Waals surface area contributed by atoms with E-state index in [4.69, 9.17) is 79.3 Å². The molecule has 0 aliphatic heterocycles. The van der Waals surface area contributed by atoms with Gasteiger partial charge in [-0.25, -0.2) is 0 Å². The zero-order valence-corrected chi connectivity index (χ0v) is 18.9. The van der Waals surface area contributed by atoms with Crippen LogP contribution in [-0.2, 0) is 11.8 Å². The highest BCUT2D eigenvalue weighted by Gasteiger charge is 2.33. The van der Waals surface area contributed by atoms with Crippen LogP contribution < -0.4 is 0 Å². The standard InChI is InChI=1S/C4H12Cl6N3P3SSi/c1-13(18(2,3)4)15(7,8)11-14(5,6)12-16(9,10)17/h1-4H3. The topological polar surface area (TPSA) is 28.0 Å². The second-order valence-corrected chi connectivity index (χ2v) is 27.3. The van der Waals surface area contributed by atoms with Crippen LogP contribution in [0.25, 0.3) is 0 Å². The van der Waals surface area contributed by atoms with Crippen LogP contribution in [0, 0.1) is 0 Å². The molecule has 14 heteroatoms. The molecule has 0 amide bonds. The van der Waals surface area contributed by atoms with Gasteiger partial charge >= 0.3 is 0 Å². The first kappa shape index (κ1) is 21.0. The van der Waals surface area contributed by atoms with E-state index in [1.807, 2.05) is 4.34 Å². The Morgan fingerprint density at radius 2 is 1.33 bits per heavy atom. The fourth-order valence-corrected chi connectivity index (χ4v) is 22.3. The molecule has 110 valence electrons. The zero-order valence-electron chi connectivity index (χ0n) is 9.86. The van der Waals surface area contributed by atoms with Crippen molar-refractivity contribution < 1.29 is 0 Å². The third-order valence-electron chi connectivity index (χ3n) is 1.76. The van der Waals surface area contributed by atoms with Gasteiger partial charge in [-0.3, -0.25) is 4.34 Å². The second-order valence-electron chi connectivity index (χ2n) is 4.22. The first-order valence-corrected chi connectivity index (χ1v) is 19.4. The van der Waals surface area contributed by atoms with Crippen LogP contribution in [0.15, 0.2) is 9.03 Å². The van der Waals surface area contributed by atoms with Crippen molar-refractivity contribution in [2.45, 2.75) is 19.6 Å². The Labute approximate surface area is 143 Å². The van der Waals surface area contributed by atoms with Crippen molar-refractivity contribution in [3.05, 3.63) is 0 Å². The number of hydrogen-bond acceptors (Lipinski definition) is 1. The van der Waals surface area contributed by atoms with E-state index in [2.05, 4.69) is 28.7 Å². The highest BCUT2D eigenvalue weighted by molar-refractivity contribution is 8.40. The van der Waals surface area contributed by atoms with Gasteiger partial charge in [0.05, 0.1) is 0 Å². The van der Waals surface area contributed by atoms with Crippen molar-refractivity contribution in [1.29, 1.82) is 0 Å². The van der Waals surface area contributed by atoms with Crippen LogP contribution in [0.3, 0.4) is 0 Å². The molecule has 0 radical (unpaired) electrons. The average molecular weight is 468 g/mol. The van der Waals surface area contributed by atoms with Gasteiger partial charge in [-0.15, -0.1) is 0 Å². The molecule has 18 heavy (non-hydrogen) atoms. The Morgan fingerprint density at radius 3 is 1.61 bits per heavy atom. The summed E-state index contributed by atoms with van der Waals surface area (Å²) in [5, 5.41) is 0. The lowest BCUT2D eigenvalue weighted by Gasteiger charge is -2.33. The first-order chi connectivity index (χ1) is 7.57. The second kappa shape index (κ2) is 7.07. The van der Waals surface area contributed by atoms with E-state index in [1.54, 1.807) is 7.05 Å². The van der Waals surface area contributed by atoms with E-state index in [-0.39, 0.29) is 0 Å². The van der Waals surface area contributed by atoms with Gasteiger partial charge < -0.3 is 0 Å². The summed E-state index contributed by atoms with van der Waals surface area (Å²) in [7, 11) is 0.0330. The summed E-state index contributed by atoms with van der Waals surface area (Å²) in [6, 6.07) is 0. The fraction of sp³-hybridized carbons (Fsp3) is 1.00. The third kappa shape index (κ3) is 8.46. The van der Waals surface area contributed by atoms with Crippen molar-refractivity contribution in [2.75, 3.05) is 7.05 Å². The maximum Gasteiger partial charge on any atom is 0.256 e. The molecule has 0 aliphatic rings. The molecule has 0 aromatic rings. The Morgan fingerprint density at radius 1 is 0.944 bits per heavy atom. The van der Waals surface area contributed by atoms with Crippen molar-refractivity contribution in [2.24, 2.45) is 9.03 Å². The minimum absolute atomic E-state index is 1.75. The summed E-state index contributed by atoms with van der Waals surface area (Å²) < 4.78 is 9.66. The van der Waals surface area contributed by atoms with Crippen LogP contribution in [0.1, 0.15) is 0 Å². The van der Waals surface area contributed by atoms with E-state index in [9.17, 15) is 0 Å². The van der Waals surface area contributed by atoms with Gasteiger partial charge in [-0.1, -0.05) is 19.6 Å². The van der Waals surface area contributed by atoms with E-state index in [0.29, 0.717) is 0 Å². The van der Waals surface area contributed by atoms with Gasteiger partial charge in [0.15, 0.2) is 0 Å². The summed E-state index contributed by atoms with van der Waals surface area (Å²) in [6.07, 6.45) is 0. The summed E-state index contributed by atoms with van der Waals surface area (Å²) in [5.74, 6) is -6.02. The largest absolute Gasteiger partial charge is 0.270 e. The molecule has 0 aliphatic carbocycles. The van der Waals surface area contributed by atoms with Gasteiger partial charge in [-0.2, -0.15) is 9.03 Å². The highest BCUT2D eigenvalue weighted by atomic mass is 35.9. The Balaban J connectivity index is 5.70. The van der Waals surface area contributed by atoms with Gasteiger partial charge in [0.2, 0.25) is 10.8 Å². The van der Waals surface area contributed by atoms with Crippen molar-refractivity contribution in [1.82, 2.24) is 4.34 Å². The minimum atomic E-state index is -3.17. The molecular formula is C4H12Cl6N3P3SSi. The summed E-state index contributed by atoms with van der Waals surface area (Å²) >= 11 is 40.5. The molecule has 0 spiro atoms. The van der Waals surface area contributed by atoms with Gasteiger partial charge in [-0.05, 0) is 86.3 Å². The molecule has 0 saturated carbocycles. The van der Waals surface area contributed by atoms with Gasteiger partial charge in [0, 0.05) is 0 Å². The van der Waals surface area contributed by atoms with E-state index >= 15 is 0 Å². The molecular weight excluding hydrogens is 456 g/mol. The van der Waals surface area contributed by atoms with Crippen LogP contribution in [0.2, 0.25) is 19.6 Å². The number of rotatable bonds is 4. The number of hydrogen-bond donors (Lipinski definition) is 0. The Kier molecular flexibility index (Phi) is 8.26. The molecule has 0 saturated heterocycles. The summed E-state index contributed by atoms with van der Waals surface area (Å²) in [6.45, 7) is 6.19. The van der Waals surface area contributed by atoms with Crippen LogP contribution >= 0.6 is 84.2 Å². The lowest BCUT2D eigenvalue weighted by atomic mass is 11.6. The van der Waals surface area contributed by atoms with Crippen LogP contribution in [-0.4, -0.2) is 19.6 Å². The molecule has 0 rings (SSSR count). The lowest BCUT2D eigenvalue weighted by Crippen LogP contribution is -2.38. The molecule has 0 atom stereocenters. The SMILES string of the molecule is CN([Si](C)(C)C)P(Cl)(Cl)=NP(Cl)(Cl)=NP(=S)(Cl)Cl. The van der Waals surface area contributed by atoms with Crippen molar-refractivity contribution in [3.8, 4) is 0 Å². The maximum atomic E-state index is 6.25. The zero-order chi connectivity index (χ0) is 15.0. The molecule has 0 N–H and O–H groups in total. The maximum absolute atomic E-state index is 6.25. The first-order valence-electron chi connectivity index (χ1n) is 4.37. The predicted octanol–water partition coefficient (Wildman–Crippen LogP) is 8.30. The summed E-state index contributed by atoms with van der Waals surface area (Å²) in [5.41, 5.74) is 0. The molecule has 0 unspecified atom stereocenters. The molecule has 0 aromatic carbocycles. The molecule has 3 nitrogen and oxygen atoms in total. The number of halogens is 6. The Bertz CT molecular complexity index is 459. The molecule has 0 bridgehead atoms. The van der Waals surface area contributed by atoms with Crippen molar-refractivity contribution >= 4 is 104 Å². The van der Waals surface area contributed by atoms with Crippen LogP contribution in [0.4, 0.5) is 0 Å². The molecule has 0 heterocycles. The van der Waals surface area contributed by atoms with Gasteiger partial charge in [0.1, 0.15) is 8.24 Å². The van der Waals surface area contributed by atoms with Crippen molar-refractivity contribution in [3.63, 3.8) is 0 Å². The summed E-state index contributed by atoms with van der Waals surface area (Å²) in [4.78, 5) is -2.96. The third-order valence-corrected chi connectivity index (χ3v) is 18.2. The minimum Gasteiger partial charge on any atom is -0.270 e. The molecule has 0 aromatic heterocycles. The van der Waals surface area contributed by atoms with Crippen LogP contribution in [0.5, 0.6) is 0 Å². The average Bonchev–Trinajstić information content (AvgIpc) is 1.93. The normalized spacial score (nSPS) is 14.8. The lowest BCUT2D eigenvalue weighted by molar-refractivity contribution is 0.831. The highest BCUT2D eigenvalue weighted by Crippen LogP contribution is 2.80. The van der Waals surface area contributed by atoms with Gasteiger partial charge in [0.25, 0.3) is 5.91 Å². The quantitative estimate of drug-likeness (QED) is 0.307. The fourth-order valence-electron chi connectivity index (χ4n) is 0.694. The number of nitrogens with zero attached hydrogens (tertiary/aromatic N) is 3.